The fraction of sp³-hybridized carbons (Fsp3) is 0.500. The zero-order chi connectivity index (χ0) is 14.6. The Balaban J connectivity index is 2.58. The van der Waals surface area contributed by atoms with Crippen molar-refractivity contribution in [1.29, 1.82) is 0 Å². The highest BCUT2D eigenvalue weighted by Gasteiger charge is 2.18. The van der Waals surface area contributed by atoms with Crippen LogP contribution in [0.4, 0.5) is 0 Å². The highest BCUT2D eigenvalue weighted by molar-refractivity contribution is 9.10. The quantitative estimate of drug-likeness (QED) is 0.692. The first-order valence-corrected chi connectivity index (χ1v) is 8.15. The van der Waals surface area contributed by atoms with Crippen LogP contribution in [0.5, 0.6) is 0 Å². The van der Waals surface area contributed by atoms with Gasteiger partial charge in [0, 0.05) is 15.8 Å². The minimum absolute atomic E-state index is 0.148. The summed E-state index contributed by atoms with van der Waals surface area (Å²) in [6.45, 7) is 7.11. The molecule has 0 saturated carbocycles. The summed E-state index contributed by atoms with van der Waals surface area (Å²) >= 11 is 12.9. The van der Waals surface area contributed by atoms with E-state index < -0.39 is 0 Å². The Kier molecular flexibility index (Phi) is 6.34. The van der Waals surface area contributed by atoms with Crippen molar-refractivity contribution in [3.8, 4) is 0 Å². The highest BCUT2D eigenvalue weighted by atomic mass is 79.9. The van der Waals surface area contributed by atoms with E-state index in [1.54, 1.807) is 12.1 Å². The third-order valence-electron chi connectivity index (χ3n) is 2.49. The largest absolute Gasteiger partial charge is 0.351 e. The van der Waals surface area contributed by atoms with Gasteiger partial charge in [-0.15, -0.1) is 0 Å². The molecule has 19 heavy (non-hydrogen) atoms. The summed E-state index contributed by atoms with van der Waals surface area (Å²) in [4.78, 5) is 12.3. The van der Waals surface area contributed by atoms with E-state index in [0.717, 1.165) is 10.9 Å². The number of benzene rings is 1. The number of halogens is 3. The van der Waals surface area contributed by atoms with E-state index >= 15 is 0 Å². The second kappa shape index (κ2) is 7.09. The molecule has 1 amide bonds. The Morgan fingerprint density at radius 3 is 2.63 bits per heavy atom. The molecule has 1 atom stereocenters. The molecule has 106 valence electrons. The second-order valence-electron chi connectivity index (χ2n) is 5.70. The Morgan fingerprint density at radius 2 is 2.05 bits per heavy atom. The molecule has 1 aromatic rings. The minimum atomic E-state index is -0.148. The molecule has 1 N–H and O–H groups in total. The normalized spacial score (nSPS) is 13.2. The van der Waals surface area contributed by atoms with Crippen LogP contribution in [0.1, 0.15) is 37.6 Å². The predicted molar refractivity (Wildman–Crippen MR) is 88.3 cm³/mol. The third-order valence-corrected chi connectivity index (χ3v) is 3.96. The molecule has 0 bridgehead atoms. The smallest absolute Gasteiger partial charge is 0.252 e. The van der Waals surface area contributed by atoms with Crippen molar-refractivity contribution < 1.29 is 4.79 Å². The summed E-state index contributed by atoms with van der Waals surface area (Å²) in [5, 5.41) is 3.36. The van der Waals surface area contributed by atoms with Gasteiger partial charge < -0.3 is 5.32 Å². The number of carbonyl (C=O) groups is 1. The van der Waals surface area contributed by atoms with Gasteiger partial charge in [-0.05, 0) is 30.0 Å². The molecule has 0 aliphatic carbocycles. The lowest BCUT2D eigenvalue weighted by Gasteiger charge is -2.22. The second-order valence-corrected chi connectivity index (χ2v) is 8.31. The number of rotatable bonds is 4. The molecule has 1 rings (SSSR count). The van der Waals surface area contributed by atoms with E-state index in [4.69, 9.17) is 11.6 Å². The van der Waals surface area contributed by atoms with Crippen molar-refractivity contribution in [2.75, 3.05) is 6.54 Å². The number of hydrogen-bond acceptors (Lipinski definition) is 1. The Hall–Kier alpha value is -0.0600. The van der Waals surface area contributed by atoms with Crippen LogP contribution in [0.25, 0.3) is 0 Å². The van der Waals surface area contributed by atoms with Crippen LogP contribution in [0.15, 0.2) is 22.7 Å². The summed E-state index contributed by atoms with van der Waals surface area (Å²) in [6, 6.07) is 5.25. The SMILES string of the molecule is CC(C)(C)CC(Br)CNC(=O)c1cc(Br)ccc1Cl. The standard InChI is InChI=1S/C14H18Br2ClNO/c1-14(2,3)7-10(16)8-18-13(19)11-6-9(15)4-5-12(11)17/h4-6,10H,7-8H2,1-3H3,(H,18,19). The molecule has 1 aromatic carbocycles. The maximum absolute atomic E-state index is 12.1. The van der Waals surface area contributed by atoms with Crippen molar-refractivity contribution in [3.63, 3.8) is 0 Å². The van der Waals surface area contributed by atoms with Crippen LogP contribution in [-0.4, -0.2) is 17.3 Å². The van der Waals surface area contributed by atoms with E-state index in [1.807, 2.05) is 6.07 Å². The van der Waals surface area contributed by atoms with Crippen LogP contribution in [0, 0.1) is 5.41 Å². The number of alkyl halides is 1. The lowest BCUT2D eigenvalue weighted by Crippen LogP contribution is -2.31. The minimum Gasteiger partial charge on any atom is -0.351 e. The highest BCUT2D eigenvalue weighted by Crippen LogP contribution is 2.24. The van der Waals surface area contributed by atoms with E-state index in [-0.39, 0.29) is 16.1 Å². The Morgan fingerprint density at radius 1 is 1.42 bits per heavy atom. The molecule has 0 radical (unpaired) electrons. The predicted octanol–water partition coefficient (Wildman–Crippen LogP) is 5.03. The molecule has 5 heteroatoms. The fourth-order valence-electron chi connectivity index (χ4n) is 1.71. The maximum Gasteiger partial charge on any atom is 0.252 e. The lowest BCUT2D eigenvalue weighted by molar-refractivity contribution is 0.0952. The average Bonchev–Trinajstić information content (AvgIpc) is 2.27. The van der Waals surface area contributed by atoms with Crippen molar-refractivity contribution in [1.82, 2.24) is 5.32 Å². The van der Waals surface area contributed by atoms with Gasteiger partial charge >= 0.3 is 0 Å². The van der Waals surface area contributed by atoms with Gasteiger partial charge in [0.1, 0.15) is 0 Å². The summed E-state index contributed by atoms with van der Waals surface area (Å²) in [6.07, 6.45) is 0.986. The average molecular weight is 412 g/mol. The first kappa shape index (κ1) is 17.0. The molecule has 0 aliphatic rings. The van der Waals surface area contributed by atoms with Crippen molar-refractivity contribution in [2.45, 2.75) is 32.0 Å². The van der Waals surface area contributed by atoms with Crippen LogP contribution in [-0.2, 0) is 0 Å². The van der Waals surface area contributed by atoms with E-state index in [1.165, 1.54) is 0 Å². The molecule has 0 heterocycles. The molecule has 1 unspecified atom stereocenters. The number of amides is 1. The van der Waals surface area contributed by atoms with E-state index in [9.17, 15) is 4.79 Å². The van der Waals surface area contributed by atoms with E-state index in [0.29, 0.717) is 17.1 Å². The van der Waals surface area contributed by atoms with Crippen molar-refractivity contribution >= 4 is 49.4 Å². The van der Waals surface area contributed by atoms with Gasteiger partial charge in [0.05, 0.1) is 10.6 Å². The van der Waals surface area contributed by atoms with Crippen molar-refractivity contribution in [2.24, 2.45) is 5.41 Å². The van der Waals surface area contributed by atoms with Gasteiger partial charge in [-0.2, -0.15) is 0 Å². The van der Waals surface area contributed by atoms with Crippen LogP contribution in [0.3, 0.4) is 0 Å². The third kappa shape index (κ3) is 6.28. The van der Waals surface area contributed by atoms with Gasteiger partial charge in [-0.1, -0.05) is 64.2 Å². The molecule has 0 aliphatic heterocycles. The summed E-state index contributed by atoms with van der Waals surface area (Å²) < 4.78 is 0.840. The van der Waals surface area contributed by atoms with Crippen LogP contribution in [0.2, 0.25) is 5.02 Å². The Bertz CT molecular complexity index is 457. The van der Waals surface area contributed by atoms with Gasteiger partial charge in [0.2, 0.25) is 0 Å². The van der Waals surface area contributed by atoms with Gasteiger partial charge in [0.25, 0.3) is 5.91 Å². The molecule has 2 nitrogen and oxygen atoms in total. The summed E-state index contributed by atoms with van der Waals surface area (Å²) in [5.74, 6) is -0.148. The Labute approximate surface area is 136 Å². The van der Waals surface area contributed by atoms with Gasteiger partial charge in [-0.3, -0.25) is 4.79 Å². The fourth-order valence-corrected chi connectivity index (χ4v) is 3.40. The maximum atomic E-state index is 12.1. The molecular formula is C14H18Br2ClNO. The van der Waals surface area contributed by atoms with Gasteiger partial charge in [-0.25, -0.2) is 0 Å². The number of nitrogens with one attached hydrogen (secondary N) is 1. The first-order valence-electron chi connectivity index (χ1n) is 6.06. The molecular weight excluding hydrogens is 393 g/mol. The van der Waals surface area contributed by atoms with Crippen LogP contribution >= 0.6 is 43.5 Å². The van der Waals surface area contributed by atoms with Gasteiger partial charge in [0.15, 0.2) is 0 Å². The number of hydrogen-bond donors (Lipinski definition) is 1. The zero-order valence-corrected chi connectivity index (χ0v) is 15.2. The first-order chi connectivity index (χ1) is 8.69. The van der Waals surface area contributed by atoms with E-state index in [2.05, 4.69) is 57.9 Å². The molecule has 0 spiro atoms. The zero-order valence-electron chi connectivity index (χ0n) is 11.3. The monoisotopic (exact) mass is 409 g/mol. The number of carbonyl (C=O) groups excluding carboxylic acids is 1. The molecule has 0 aromatic heterocycles. The summed E-state index contributed by atoms with van der Waals surface area (Å²) in [5.41, 5.74) is 0.721. The lowest BCUT2D eigenvalue weighted by atomic mass is 9.90. The van der Waals surface area contributed by atoms with Crippen LogP contribution < -0.4 is 5.32 Å². The molecule has 0 saturated heterocycles. The molecule has 0 fully saturated rings. The van der Waals surface area contributed by atoms with Crippen molar-refractivity contribution in [3.05, 3.63) is 33.3 Å². The topological polar surface area (TPSA) is 29.1 Å². The summed E-state index contributed by atoms with van der Waals surface area (Å²) in [7, 11) is 0.